The number of rotatable bonds is 10. The molecule has 2 atom stereocenters. The molecular formula is C23H43FO3Si4. The van der Waals surface area contributed by atoms with Crippen molar-refractivity contribution in [2.24, 2.45) is 0 Å². The van der Waals surface area contributed by atoms with Crippen molar-refractivity contribution in [3.63, 3.8) is 0 Å². The van der Waals surface area contributed by atoms with E-state index >= 15 is 0 Å². The maximum atomic E-state index is 14.2. The lowest BCUT2D eigenvalue weighted by Gasteiger charge is -2.58. The number of carbonyl (C=O) groups excluding carboxylic acids is 1. The quantitative estimate of drug-likeness (QED) is 0.195. The van der Waals surface area contributed by atoms with Crippen LogP contribution in [0.15, 0.2) is 42.4 Å². The van der Waals surface area contributed by atoms with Crippen LogP contribution in [0.4, 0.5) is 4.39 Å². The summed E-state index contributed by atoms with van der Waals surface area (Å²) in [5, 5.41) is 0. The standard InChI is InChI=1S/C23H43FO3Si4/c1-19(21-15-13-12-14-16-21)22(17-18-23(24)26-20(2)25)27-31(28(3,4)5,29(6,7)8)30(9,10)11/h12-16,18-19,22H,17H2,1-11H3/b23-18+/t19-,22-/m1/s1. The van der Waals surface area contributed by atoms with E-state index in [-0.39, 0.29) is 12.0 Å². The van der Waals surface area contributed by atoms with Crippen LogP contribution < -0.4 is 0 Å². The Hall–Kier alpha value is -0.812. The molecule has 0 aromatic heterocycles. The van der Waals surface area contributed by atoms with E-state index < -0.39 is 41.6 Å². The number of hydrogen-bond donors (Lipinski definition) is 0. The molecule has 0 aliphatic carbocycles. The maximum Gasteiger partial charge on any atom is 0.309 e. The van der Waals surface area contributed by atoms with Gasteiger partial charge in [0.1, 0.15) is 0 Å². The summed E-state index contributed by atoms with van der Waals surface area (Å²) in [5.74, 6) is -0.532. The highest BCUT2D eigenvalue weighted by molar-refractivity contribution is 7.87. The predicted molar refractivity (Wildman–Crippen MR) is 141 cm³/mol. The molecule has 0 fully saturated rings. The van der Waals surface area contributed by atoms with Gasteiger partial charge in [-0.2, -0.15) is 4.39 Å². The van der Waals surface area contributed by atoms with E-state index in [2.05, 4.69) is 82.7 Å². The summed E-state index contributed by atoms with van der Waals surface area (Å²) in [5.41, 5.74) is 1.19. The first-order valence-corrected chi connectivity index (χ1v) is 26.6. The minimum atomic E-state index is -2.11. The third kappa shape index (κ3) is 6.83. The molecule has 0 saturated carbocycles. The molecule has 1 rings (SSSR count). The lowest BCUT2D eigenvalue weighted by atomic mass is 9.93. The topological polar surface area (TPSA) is 35.5 Å². The highest BCUT2D eigenvalue weighted by Gasteiger charge is 2.64. The first kappa shape index (κ1) is 28.2. The summed E-state index contributed by atoms with van der Waals surface area (Å²) < 4.78 is 26.3. The lowest BCUT2D eigenvalue weighted by Crippen LogP contribution is -2.85. The van der Waals surface area contributed by atoms with Crippen LogP contribution in [-0.4, -0.2) is 41.7 Å². The minimum absolute atomic E-state index is 0.110. The van der Waals surface area contributed by atoms with E-state index in [4.69, 9.17) is 4.43 Å². The van der Waals surface area contributed by atoms with Crippen molar-refractivity contribution in [3.05, 3.63) is 48.0 Å². The Balaban J connectivity index is 3.55. The molecular weight excluding hydrogens is 456 g/mol. The van der Waals surface area contributed by atoms with Gasteiger partial charge in [0.2, 0.25) is 0 Å². The molecule has 1 aromatic carbocycles. The first-order chi connectivity index (χ1) is 13.9. The first-order valence-electron chi connectivity index (χ1n) is 11.2. The molecule has 0 bridgehead atoms. The average Bonchev–Trinajstić information content (AvgIpc) is 2.58. The second-order valence-electron chi connectivity index (χ2n) is 11.6. The third-order valence-electron chi connectivity index (χ3n) is 6.13. The number of benzene rings is 1. The molecule has 0 aliphatic heterocycles. The Morgan fingerprint density at radius 3 is 1.77 bits per heavy atom. The zero-order chi connectivity index (χ0) is 24.3. The van der Waals surface area contributed by atoms with Gasteiger partial charge >= 0.3 is 5.97 Å². The number of halogens is 1. The Morgan fingerprint density at radius 2 is 1.39 bits per heavy atom. The van der Waals surface area contributed by atoms with Gasteiger partial charge in [-0.3, -0.25) is 4.79 Å². The normalized spacial score (nSPS) is 16.1. The Bertz CT molecular complexity index is 726. The molecule has 3 nitrogen and oxygen atoms in total. The van der Waals surface area contributed by atoms with Gasteiger partial charge in [-0.15, -0.1) is 0 Å². The van der Waals surface area contributed by atoms with Crippen LogP contribution in [0.5, 0.6) is 0 Å². The second-order valence-corrected chi connectivity index (χ2v) is 51.1. The van der Waals surface area contributed by atoms with Crippen molar-refractivity contribution in [1.82, 2.24) is 0 Å². The molecule has 0 amide bonds. The molecule has 31 heavy (non-hydrogen) atoms. The van der Waals surface area contributed by atoms with Gasteiger partial charge in [0, 0.05) is 12.8 Å². The number of hydrogen-bond acceptors (Lipinski definition) is 3. The van der Waals surface area contributed by atoms with E-state index in [0.717, 1.165) is 0 Å². The highest BCUT2D eigenvalue weighted by Crippen LogP contribution is 2.41. The Kier molecular flexibility index (Phi) is 9.48. The van der Waals surface area contributed by atoms with Crippen molar-refractivity contribution >= 4 is 35.6 Å². The van der Waals surface area contributed by atoms with Crippen LogP contribution in [0.3, 0.4) is 0 Å². The van der Waals surface area contributed by atoms with Crippen LogP contribution in [0.2, 0.25) is 58.9 Å². The molecule has 0 N–H and O–H groups in total. The fraction of sp³-hybridized carbons (Fsp3) is 0.609. The lowest BCUT2D eigenvalue weighted by molar-refractivity contribution is -0.139. The number of ether oxygens (including phenoxy) is 1. The van der Waals surface area contributed by atoms with Crippen molar-refractivity contribution in [2.45, 2.75) is 91.2 Å². The fourth-order valence-electron chi connectivity index (χ4n) is 5.85. The van der Waals surface area contributed by atoms with Crippen molar-refractivity contribution < 1.29 is 18.3 Å². The SMILES string of the molecule is CC(=O)O/C(F)=C/C[C@@H](O[Si]([Si](C)(C)C)([Si](C)(C)C)[Si](C)(C)C)[C@H](C)c1ccccc1. The third-order valence-corrected chi connectivity index (χ3v) is 73.7. The van der Waals surface area contributed by atoms with Crippen LogP contribution in [0.1, 0.15) is 31.7 Å². The van der Waals surface area contributed by atoms with Crippen LogP contribution in [0, 0.1) is 0 Å². The smallest absolute Gasteiger partial charge is 0.309 e. The van der Waals surface area contributed by atoms with Crippen LogP contribution in [-0.2, 0) is 14.0 Å². The van der Waals surface area contributed by atoms with Crippen molar-refractivity contribution in [1.29, 1.82) is 0 Å². The molecule has 0 unspecified atom stereocenters. The van der Waals surface area contributed by atoms with Gasteiger partial charge in [-0.05, 0) is 18.1 Å². The summed E-state index contributed by atoms with van der Waals surface area (Å²) in [7, 11) is -4.98. The average molecular weight is 499 g/mol. The van der Waals surface area contributed by atoms with Gasteiger partial charge in [0.15, 0.2) is 6.87 Å². The molecule has 0 aliphatic rings. The van der Waals surface area contributed by atoms with Crippen LogP contribution in [0.25, 0.3) is 0 Å². The predicted octanol–water partition coefficient (Wildman–Crippen LogP) is 7.13. The minimum Gasteiger partial charge on any atom is -0.422 e. The molecule has 176 valence electrons. The van der Waals surface area contributed by atoms with Crippen LogP contribution >= 0.6 is 0 Å². The number of esters is 1. The number of carbonyl (C=O) groups is 1. The Morgan fingerprint density at radius 1 is 0.935 bits per heavy atom. The Labute approximate surface area is 193 Å². The van der Waals surface area contributed by atoms with Gasteiger partial charge in [0.25, 0.3) is 6.01 Å². The van der Waals surface area contributed by atoms with Gasteiger partial charge < -0.3 is 9.16 Å². The van der Waals surface area contributed by atoms with Gasteiger partial charge in [0.05, 0.1) is 28.9 Å². The van der Waals surface area contributed by atoms with E-state index in [9.17, 15) is 9.18 Å². The highest BCUT2D eigenvalue weighted by atomic mass is 29.9. The maximum absolute atomic E-state index is 14.2. The van der Waals surface area contributed by atoms with E-state index in [1.165, 1.54) is 18.6 Å². The fourth-order valence-corrected chi connectivity index (χ4v) is 100.0. The summed E-state index contributed by atoms with van der Waals surface area (Å²) in [4.78, 5) is 11.2. The largest absolute Gasteiger partial charge is 0.422 e. The van der Waals surface area contributed by atoms with Crippen molar-refractivity contribution in [2.75, 3.05) is 0 Å². The van der Waals surface area contributed by atoms with Gasteiger partial charge in [-0.25, -0.2) is 0 Å². The summed E-state index contributed by atoms with van der Waals surface area (Å²) in [6, 6.07) is 9.50. The molecule has 0 heterocycles. The zero-order valence-electron chi connectivity index (χ0n) is 21.4. The second kappa shape index (κ2) is 10.4. The van der Waals surface area contributed by atoms with E-state index in [1.54, 1.807) is 0 Å². The van der Waals surface area contributed by atoms with Gasteiger partial charge in [-0.1, -0.05) is 96.2 Å². The summed E-state index contributed by atoms with van der Waals surface area (Å²) >= 11 is 0. The molecule has 0 radical (unpaired) electrons. The van der Waals surface area contributed by atoms with E-state index in [1.807, 2.05) is 18.2 Å². The molecule has 0 spiro atoms. The molecule has 8 heteroatoms. The summed E-state index contributed by atoms with van der Waals surface area (Å²) in [6.07, 6.45) is 1.63. The summed E-state index contributed by atoms with van der Waals surface area (Å²) in [6.45, 7) is 23.6. The van der Waals surface area contributed by atoms with Crippen molar-refractivity contribution in [3.8, 4) is 0 Å². The van der Waals surface area contributed by atoms with E-state index in [0.29, 0.717) is 6.42 Å². The molecule has 0 saturated heterocycles. The monoisotopic (exact) mass is 498 g/mol. The zero-order valence-corrected chi connectivity index (χ0v) is 25.4. The molecule has 1 aromatic rings.